The van der Waals surface area contributed by atoms with E-state index in [9.17, 15) is 9.59 Å². The first-order valence-corrected chi connectivity index (χ1v) is 11.4. The minimum absolute atomic E-state index is 0.0000879. The molecular weight excluding hydrogens is 388 g/mol. The lowest BCUT2D eigenvalue weighted by Gasteiger charge is -2.31. The van der Waals surface area contributed by atoms with Crippen LogP contribution < -0.4 is 10.1 Å². The summed E-state index contributed by atoms with van der Waals surface area (Å²) in [5.41, 5.74) is 2.08. The number of carbonyl (C=O) groups is 2. The predicted molar refractivity (Wildman–Crippen MR) is 123 cm³/mol. The van der Waals surface area contributed by atoms with Crippen molar-refractivity contribution in [3.05, 3.63) is 65.7 Å². The van der Waals surface area contributed by atoms with Gasteiger partial charge in [0.05, 0.1) is 7.11 Å². The average molecular weight is 423 g/mol. The van der Waals surface area contributed by atoms with E-state index in [1.54, 1.807) is 12.0 Å². The number of nitrogens with zero attached hydrogens (tertiary/aromatic N) is 1. The smallest absolute Gasteiger partial charge is 0.243 e. The Labute approximate surface area is 185 Å². The highest BCUT2D eigenvalue weighted by Crippen LogP contribution is 2.21. The maximum atomic E-state index is 13.3. The number of methoxy groups -OCH3 is 1. The average Bonchev–Trinajstić information content (AvgIpc) is 3.31. The van der Waals surface area contributed by atoms with E-state index >= 15 is 0 Å². The second-order valence-electron chi connectivity index (χ2n) is 8.27. The molecule has 1 saturated carbocycles. The van der Waals surface area contributed by atoms with Gasteiger partial charge in [0.2, 0.25) is 11.8 Å². The van der Waals surface area contributed by atoms with Gasteiger partial charge in [0, 0.05) is 19.0 Å². The summed E-state index contributed by atoms with van der Waals surface area (Å²) in [6, 6.07) is 17.5. The van der Waals surface area contributed by atoms with Crippen LogP contribution in [0.4, 0.5) is 0 Å². The highest BCUT2D eigenvalue weighted by atomic mass is 16.5. The third-order valence-electron chi connectivity index (χ3n) is 6.04. The number of benzene rings is 2. The van der Waals surface area contributed by atoms with Crippen molar-refractivity contribution in [2.45, 2.75) is 70.5 Å². The lowest BCUT2D eigenvalue weighted by Crippen LogP contribution is -2.51. The molecule has 0 saturated heterocycles. The Hall–Kier alpha value is -2.82. The minimum Gasteiger partial charge on any atom is -0.497 e. The van der Waals surface area contributed by atoms with Crippen LogP contribution >= 0.6 is 0 Å². The van der Waals surface area contributed by atoms with Gasteiger partial charge in [0.15, 0.2) is 0 Å². The van der Waals surface area contributed by atoms with Gasteiger partial charge in [-0.15, -0.1) is 0 Å². The molecule has 0 unspecified atom stereocenters. The molecule has 31 heavy (non-hydrogen) atoms. The van der Waals surface area contributed by atoms with Crippen LogP contribution in [0.15, 0.2) is 54.6 Å². The van der Waals surface area contributed by atoms with E-state index in [-0.39, 0.29) is 17.9 Å². The van der Waals surface area contributed by atoms with Gasteiger partial charge in [-0.2, -0.15) is 0 Å². The van der Waals surface area contributed by atoms with Gasteiger partial charge < -0.3 is 15.0 Å². The summed E-state index contributed by atoms with van der Waals surface area (Å²) in [6.45, 7) is 2.36. The zero-order chi connectivity index (χ0) is 22.1. The molecule has 3 rings (SSSR count). The van der Waals surface area contributed by atoms with E-state index in [2.05, 4.69) is 5.32 Å². The summed E-state index contributed by atoms with van der Waals surface area (Å²) in [5.74, 6) is 0.711. The quantitative estimate of drug-likeness (QED) is 0.614. The van der Waals surface area contributed by atoms with Crippen LogP contribution in [0.2, 0.25) is 0 Å². The van der Waals surface area contributed by atoms with Crippen molar-refractivity contribution < 1.29 is 14.3 Å². The molecular formula is C26H34N2O3. The highest BCUT2D eigenvalue weighted by molar-refractivity contribution is 5.88. The fraction of sp³-hybridized carbons (Fsp3) is 0.462. The molecule has 0 heterocycles. The largest absolute Gasteiger partial charge is 0.497 e. The van der Waals surface area contributed by atoms with E-state index in [1.165, 1.54) is 0 Å². The predicted octanol–water partition coefficient (Wildman–Crippen LogP) is 4.49. The first-order chi connectivity index (χ1) is 15.1. The van der Waals surface area contributed by atoms with E-state index in [1.807, 2.05) is 61.5 Å². The molecule has 0 radical (unpaired) electrons. The standard InChI is InChI=1S/C26H34N2O3/c1-3-24(26(30)27-22-13-7-8-14-22)28(19-21-12-9-15-23(18-21)31-2)25(29)17-16-20-10-5-4-6-11-20/h4-6,9-12,15,18,22,24H,3,7-8,13-14,16-17,19H2,1-2H3,(H,27,30)/t24-/m0/s1. The van der Waals surface area contributed by atoms with Crippen LogP contribution in [0.3, 0.4) is 0 Å². The first kappa shape index (κ1) is 22.9. The number of ether oxygens (including phenoxy) is 1. The van der Waals surface area contributed by atoms with Crippen molar-refractivity contribution >= 4 is 11.8 Å². The zero-order valence-electron chi connectivity index (χ0n) is 18.7. The van der Waals surface area contributed by atoms with Gasteiger partial charge in [-0.3, -0.25) is 9.59 Å². The Kier molecular flexibility index (Phi) is 8.51. The lowest BCUT2D eigenvalue weighted by molar-refractivity contribution is -0.141. The molecule has 0 bridgehead atoms. The topological polar surface area (TPSA) is 58.6 Å². The van der Waals surface area contributed by atoms with E-state index in [4.69, 9.17) is 4.74 Å². The number of carbonyl (C=O) groups excluding carboxylic acids is 2. The van der Waals surface area contributed by atoms with Gasteiger partial charge in [-0.1, -0.05) is 62.2 Å². The van der Waals surface area contributed by atoms with Crippen LogP contribution in [-0.4, -0.2) is 35.9 Å². The minimum atomic E-state index is -0.477. The van der Waals surface area contributed by atoms with Crippen LogP contribution in [0.5, 0.6) is 5.75 Å². The zero-order valence-corrected chi connectivity index (χ0v) is 18.7. The Morgan fingerprint density at radius 3 is 2.45 bits per heavy atom. The fourth-order valence-corrected chi connectivity index (χ4v) is 4.29. The molecule has 1 aliphatic carbocycles. The summed E-state index contributed by atoms with van der Waals surface area (Å²) < 4.78 is 5.34. The third-order valence-corrected chi connectivity index (χ3v) is 6.04. The van der Waals surface area contributed by atoms with Crippen molar-refractivity contribution in [2.75, 3.05) is 7.11 Å². The normalized spacial score (nSPS) is 14.8. The first-order valence-electron chi connectivity index (χ1n) is 11.4. The summed E-state index contributed by atoms with van der Waals surface area (Å²) >= 11 is 0. The molecule has 1 N–H and O–H groups in total. The van der Waals surface area contributed by atoms with E-state index in [0.29, 0.717) is 25.8 Å². The molecule has 0 aromatic heterocycles. The van der Waals surface area contributed by atoms with Crippen molar-refractivity contribution in [1.29, 1.82) is 0 Å². The molecule has 1 aliphatic rings. The van der Waals surface area contributed by atoms with E-state index < -0.39 is 6.04 Å². The van der Waals surface area contributed by atoms with Crippen molar-refractivity contribution in [1.82, 2.24) is 10.2 Å². The maximum Gasteiger partial charge on any atom is 0.243 e. The molecule has 1 fully saturated rings. The lowest BCUT2D eigenvalue weighted by atomic mass is 10.1. The molecule has 2 amide bonds. The van der Waals surface area contributed by atoms with Gasteiger partial charge in [-0.25, -0.2) is 0 Å². The maximum absolute atomic E-state index is 13.3. The van der Waals surface area contributed by atoms with Crippen LogP contribution in [-0.2, 0) is 22.6 Å². The summed E-state index contributed by atoms with van der Waals surface area (Å²) in [5, 5.41) is 3.19. The van der Waals surface area contributed by atoms with Gasteiger partial charge in [-0.05, 0) is 48.9 Å². The summed E-state index contributed by atoms with van der Waals surface area (Å²) in [4.78, 5) is 28.2. The summed E-state index contributed by atoms with van der Waals surface area (Å²) in [7, 11) is 1.63. The van der Waals surface area contributed by atoms with Gasteiger partial charge in [0.25, 0.3) is 0 Å². The molecule has 0 aliphatic heterocycles. The van der Waals surface area contributed by atoms with Gasteiger partial charge in [0.1, 0.15) is 11.8 Å². The van der Waals surface area contributed by atoms with Gasteiger partial charge >= 0.3 is 0 Å². The Morgan fingerprint density at radius 1 is 1.06 bits per heavy atom. The Morgan fingerprint density at radius 2 is 1.77 bits per heavy atom. The molecule has 166 valence electrons. The molecule has 0 spiro atoms. The second-order valence-corrected chi connectivity index (χ2v) is 8.27. The van der Waals surface area contributed by atoms with Crippen LogP contribution in [0.1, 0.15) is 56.6 Å². The number of hydrogen-bond acceptors (Lipinski definition) is 3. The number of amides is 2. The highest BCUT2D eigenvalue weighted by Gasteiger charge is 2.30. The molecule has 5 heteroatoms. The molecule has 1 atom stereocenters. The fourth-order valence-electron chi connectivity index (χ4n) is 4.29. The van der Waals surface area contributed by atoms with Crippen LogP contribution in [0.25, 0.3) is 0 Å². The Balaban J connectivity index is 1.76. The number of aryl methyl sites for hydroxylation is 1. The van der Waals surface area contributed by atoms with E-state index in [0.717, 1.165) is 42.6 Å². The second kappa shape index (κ2) is 11.5. The molecule has 2 aromatic carbocycles. The number of nitrogens with one attached hydrogen (secondary N) is 1. The summed E-state index contributed by atoms with van der Waals surface area (Å²) in [6.07, 6.45) is 5.99. The molecule has 2 aromatic rings. The SMILES string of the molecule is CC[C@@H](C(=O)NC1CCCC1)N(Cc1cccc(OC)c1)C(=O)CCc1ccccc1. The van der Waals surface area contributed by atoms with Crippen molar-refractivity contribution in [3.63, 3.8) is 0 Å². The van der Waals surface area contributed by atoms with Crippen molar-refractivity contribution in [2.24, 2.45) is 0 Å². The van der Waals surface area contributed by atoms with Crippen molar-refractivity contribution in [3.8, 4) is 5.75 Å². The Bertz CT molecular complexity index is 847. The number of hydrogen-bond donors (Lipinski definition) is 1. The monoisotopic (exact) mass is 422 g/mol. The molecule has 5 nitrogen and oxygen atoms in total. The third kappa shape index (κ3) is 6.58. The number of rotatable bonds is 10. The van der Waals surface area contributed by atoms with Crippen LogP contribution in [0, 0.1) is 0 Å².